The Morgan fingerprint density at radius 3 is 2.62 bits per heavy atom. The third kappa shape index (κ3) is 3.22. The first kappa shape index (κ1) is 14.4. The van der Waals surface area contributed by atoms with E-state index in [0.29, 0.717) is 18.4 Å². The molecule has 2 aliphatic rings. The Morgan fingerprint density at radius 2 is 2.05 bits per heavy atom. The molecular weight excluding hydrogens is 262 g/mol. The van der Waals surface area contributed by atoms with Gasteiger partial charge in [0, 0.05) is 6.04 Å². The van der Waals surface area contributed by atoms with Gasteiger partial charge >= 0.3 is 0 Å². The van der Waals surface area contributed by atoms with Crippen molar-refractivity contribution in [1.82, 2.24) is 5.32 Å². The van der Waals surface area contributed by atoms with Gasteiger partial charge in [-0.2, -0.15) is 0 Å². The molecule has 114 valence electrons. The van der Waals surface area contributed by atoms with Gasteiger partial charge in [0.05, 0.1) is 13.5 Å². The van der Waals surface area contributed by atoms with Gasteiger partial charge in [-0.3, -0.25) is 4.79 Å². The highest BCUT2D eigenvalue weighted by atomic mass is 16.5. The molecule has 3 heteroatoms. The van der Waals surface area contributed by atoms with Gasteiger partial charge in [0.15, 0.2) is 0 Å². The van der Waals surface area contributed by atoms with Crippen LogP contribution in [0.2, 0.25) is 0 Å². The van der Waals surface area contributed by atoms with Crippen LogP contribution in [-0.2, 0) is 11.2 Å². The second-order valence-electron chi connectivity index (χ2n) is 6.72. The number of methoxy groups -OCH3 is 1. The fraction of sp³-hybridized carbons (Fsp3) is 0.611. The van der Waals surface area contributed by atoms with Crippen LogP contribution in [-0.4, -0.2) is 19.1 Å². The molecule has 0 radical (unpaired) electrons. The summed E-state index contributed by atoms with van der Waals surface area (Å²) >= 11 is 0. The van der Waals surface area contributed by atoms with Crippen molar-refractivity contribution in [3.05, 3.63) is 29.8 Å². The number of benzene rings is 1. The molecule has 2 saturated carbocycles. The van der Waals surface area contributed by atoms with Crippen LogP contribution >= 0.6 is 0 Å². The number of amides is 1. The van der Waals surface area contributed by atoms with Crippen LogP contribution in [0.4, 0.5) is 0 Å². The largest absolute Gasteiger partial charge is 0.497 e. The maximum atomic E-state index is 12.2. The Labute approximate surface area is 127 Å². The van der Waals surface area contributed by atoms with E-state index in [9.17, 15) is 4.79 Å². The quantitative estimate of drug-likeness (QED) is 0.903. The van der Waals surface area contributed by atoms with E-state index in [1.807, 2.05) is 24.3 Å². The van der Waals surface area contributed by atoms with E-state index in [4.69, 9.17) is 4.74 Å². The first-order chi connectivity index (χ1) is 10.2. The van der Waals surface area contributed by atoms with E-state index in [-0.39, 0.29) is 5.91 Å². The fourth-order valence-electron chi connectivity index (χ4n) is 4.25. The van der Waals surface area contributed by atoms with Gasteiger partial charge in [-0.25, -0.2) is 0 Å². The molecule has 4 atom stereocenters. The van der Waals surface area contributed by atoms with Crippen molar-refractivity contribution >= 4 is 5.91 Å². The van der Waals surface area contributed by atoms with Crippen molar-refractivity contribution in [2.24, 2.45) is 17.8 Å². The Morgan fingerprint density at radius 1 is 1.29 bits per heavy atom. The lowest BCUT2D eigenvalue weighted by atomic mass is 9.84. The van der Waals surface area contributed by atoms with Crippen molar-refractivity contribution in [3.8, 4) is 5.75 Å². The second-order valence-corrected chi connectivity index (χ2v) is 6.72. The van der Waals surface area contributed by atoms with E-state index >= 15 is 0 Å². The molecule has 1 aromatic carbocycles. The maximum Gasteiger partial charge on any atom is 0.224 e. The molecule has 21 heavy (non-hydrogen) atoms. The highest BCUT2D eigenvalue weighted by molar-refractivity contribution is 5.78. The summed E-state index contributed by atoms with van der Waals surface area (Å²) in [6, 6.07) is 8.04. The lowest BCUT2D eigenvalue weighted by Gasteiger charge is -2.28. The van der Waals surface area contributed by atoms with E-state index in [1.54, 1.807) is 7.11 Å². The molecule has 0 saturated heterocycles. The minimum atomic E-state index is 0.135. The first-order valence-corrected chi connectivity index (χ1v) is 8.08. The van der Waals surface area contributed by atoms with Crippen molar-refractivity contribution < 1.29 is 9.53 Å². The third-order valence-corrected chi connectivity index (χ3v) is 5.35. The minimum absolute atomic E-state index is 0.135. The highest BCUT2D eigenvalue weighted by Crippen LogP contribution is 2.49. The predicted molar refractivity (Wildman–Crippen MR) is 83.2 cm³/mol. The Hall–Kier alpha value is -1.51. The fourth-order valence-corrected chi connectivity index (χ4v) is 4.25. The SMILES string of the molecule is COc1ccc(CC(=O)NC(C)C2CC3CCC2C3)cc1. The number of carbonyl (C=O) groups excluding carboxylic acids is 1. The van der Waals surface area contributed by atoms with Crippen LogP contribution in [0.5, 0.6) is 5.75 Å². The van der Waals surface area contributed by atoms with Gasteiger partial charge in [0.1, 0.15) is 5.75 Å². The summed E-state index contributed by atoms with van der Waals surface area (Å²) < 4.78 is 5.13. The number of hydrogen-bond donors (Lipinski definition) is 1. The van der Waals surface area contributed by atoms with E-state index in [1.165, 1.54) is 25.7 Å². The molecule has 1 N–H and O–H groups in total. The monoisotopic (exact) mass is 287 g/mol. The van der Waals surface area contributed by atoms with Crippen molar-refractivity contribution in [1.29, 1.82) is 0 Å². The van der Waals surface area contributed by atoms with Crippen molar-refractivity contribution in [3.63, 3.8) is 0 Å². The molecular formula is C18H25NO2. The molecule has 2 bridgehead atoms. The van der Waals surface area contributed by atoms with Gasteiger partial charge in [0.25, 0.3) is 0 Å². The van der Waals surface area contributed by atoms with E-state index in [2.05, 4.69) is 12.2 Å². The zero-order valence-corrected chi connectivity index (χ0v) is 13.0. The van der Waals surface area contributed by atoms with Crippen LogP contribution in [0.3, 0.4) is 0 Å². The van der Waals surface area contributed by atoms with Gasteiger partial charge in [-0.15, -0.1) is 0 Å². The van der Waals surface area contributed by atoms with Gasteiger partial charge in [0.2, 0.25) is 5.91 Å². The predicted octanol–water partition coefficient (Wildman–Crippen LogP) is 3.18. The number of fused-ring (bicyclic) bond motifs is 2. The molecule has 0 aliphatic heterocycles. The number of nitrogens with one attached hydrogen (secondary N) is 1. The van der Waals surface area contributed by atoms with Crippen LogP contribution in [0.15, 0.2) is 24.3 Å². The Kier molecular flexibility index (Phi) is 4.18. The summed E-state index contributed by atoms with van der Waals surface area (Å²) in [6.07, 6.45) is 5.94. The van der Waals surface area contributed by atoms with Crippen molar-refractivity contribution in [2.75, 3.05) is 7.11 Å². The molecule has 2 fully saturated rings. The molecule has 4 unspecified atom stereocenters. The lowest BCUT2D eigenvalue weighted by molar-refractivity contribution is -0.121. The molecule has 2 aliphatic carbocycles. The molecule has 0 aromatic heterocycles. The van der Waals surface area contributed by atoms with Crippen LogP contribution in [0.1, 0.15) is 38.2 Å². The van der Waals surface area contributed by atoms with Crippen molar-refractivity contribution in [2.45, 2.75) is 45.1 Å². The topological polar surface area (TPSA) is 38.3 Å². The van der Waals surface area contributed by atoms with Gasteiger partial charge in [-0.05, 0) is 61.6 Å². The molecule has 0 spiro atoms. The van der Waals surface area contributed by atoms with E-state index in [0.717, 1.165) is 23.1 Å². The average molecular weight is 287 g/mol. The summed E-state index contributed by atoms with van der Waals surface area (Å²) in [5.41, 5.74) is 1.04. The highest BCUT2D eigenvalue weighted by Gasteiger charge is 2.42. The summed E-state index contributed by atoms with van der Waals surface area (Å²) in [4.78, 5) is 12.2. The van der Waals surface area contributed by atoms with Crippen LogP contribution in [0, 0.1) is 17.8 Å². The normalized spacial score (nSPS) is 28.4. The number of hydrogen-bond acceptors (Lipinski definition) is 2. The Balaban J connectivity index is 1.51. The molecule has 3 rings (SSSR count). The first-order valence-electron chi connectivity index (χ1n) is 8.08. The Bertz CT molecular complexity index is 496. The standard InChI is InChI=1S/C18H25NO2/c1-12(17-10-14-3-6-15(17)9-14)19-18(20)11-13-4-7-16(21-2)8-5-13/h4-5,7-8,12,14-15,17H,3,6,9-11H2,1-2H3,(H,19,20). The third-order valence-electron chi connectivity index (χ3n) is 5.35. The molecule has 3 nitrogen and oxygen atoms in total. The van der Waals surface area contributed by atoms with E-state index < -0.39 is 0 Å². The van der Waals surface area contributed by atoms with Crippen LogP contribution < -0.4 is 10.1 Å². The summed E-state index contributed by atoms with van der Waals surface area (Å²) in [5.74, 6) is 3.45. The zero-order valence-electron chi connectivity index (χ0n) is 13.0. The number of carbonyl (C=O) groups is 1. The summed E-state index contributed by atoms with van der Waals surface area (Å²) in [7, 11) is 1.65. The lowest BCUT2D eigenvalue weighted by Crippen LogP contribution is -2.40. The van der Waals surface area contributed by atoms with Crippen LogP contribution in [0.25, 0.3) is 0 Å². The van der Waals surface area contributed by atoms with Gasteiger partial charge < -0.3 is 10.1 Å². The maximum absolute atomic E-state index is 12.2. The zero-order chi connectivity index (χ0) is 14.8. The second kappa shape index (κ2) is 6.08. The molecule has 0 heterocycles. The summed E-state index contributed by atoms with van der Waals surface area (Å²) in [6.45, 7) is 2.18. The number of ether oxygens (including phenoxy) is 1. The molecule has 1 amide bonds. The molecule has 1 aromatic rings. The van der Waals surface area contributed by atoms with Gasteiger partial charge in [-0.1, -0.05) is 18.6 Å². The summed E-state index contributed by atoms with van der Waals surface area (Å²) in [5, 5.41) is 3.21. The minimum Gasteiger partial charge on any atom is -0.497 e. The smallest absolute Gasteiger partial charge is 0.224 e. The average Bonchev–Trinajstić information content (AvgIpc) is 3.10. The number of rotatable bonds is 5.